The molecule has 3 heterocycles. The van der Waals surface area contributed by atoms with Gasteiger partial charge in [0.2, 0.25) is 0 Å². The van der Waals surface area contributed by atoms with E-state index in [0.29, 0.717) is 12.2 Å². The number of benzene rings is 1. The number of aryl methyl sites for hydroxylation is 1. The smallest absolute Gasteiger partial charge is 0.182 e. The molecular weight excluding hydrogens is 312 g/mol. The number of nitrogens with one attached hydrogen (secondary N) is 2. The molecule has 4 aromatic rings. The Kier molecular flexibility index (Phi) is 3.72. The second kappa shape index (κ2) is 6.05. The Hall–Kier alpha value is -3.15. The van der Waals surface area contributed by atoms with E-state index < -0.39 is 0 Å². The Morgan fingerprint density at radius 3 is 2.84 bits per heavy atom. The van der Waals surface area contributed by atoms with E-state index >= 15 is 0 Å². The summed E-state index contributed by atoms with van der Waals surface area (Å²) in [5.74, 6) is 1.59. The highest BCUT2D eigenvalue weighted by Crippen LogP contribution is 2.23. The molecule has 0 amide bonds. The van der Waals surface area contributed by atoms with E-state index in [9.17, 15) is 0 Å². The van der Waals surface area contributed by atoms with Gasteiger partial charge in [-0.3, -0.25) is 0 Å². The molecule has 0 radical (unpaired) electrons. The minimum Gasteiger partial charge on any atom is -0.365 e. The number of pyridine rings is 1. The van der Waals surface area contributed by atoms with Crippen LogP contribution in [0.2, 0.25) is 0 Å². The van der Waals surface area contributed by atoms with Gasteiger partial charge in [-0.05, 0) is 36.2 Å². The third-order valence-electron chi connectivity index (χ3n) is 4.30. The fourth-order valence-corrected chi connectivity index (χ4v) is 3.00. The maximum absolute atomic E-state index is 4.60. The van der Waals surface area contributed by atoms with Crippen molar-refractivity contribution in [3.05, 3.63) is 53.9 Å². The Morgan fingerprint density at radius 2 is 2.00 bits per heavy atom. The molecule has 0 fully saturated rings. The van der Waals surface area contributed by atoms with Crippen LogP contribution in [0, 0.1) is 6.92 Å². The second-order valence-electron chi connectivity index (χ2n) is 6.33. The summed E-state index contributed by atoms with van der Waals surface area (Å²) in [6, 6.07) is 10.2. The summed E-state index contributed by atoms with van der Waals surface area (Å²) in [5.41, 5.74) is 5.06. The van der Waals surface area contributed by atoms with E-state index in [1.807, 2.05) is 37.3 Å². The van der Waals surface area contributed by atoms with E-state index in [1.54, 1.807) is 6.20 Å². The van der Waals surface area contributed by atoms with Crippen molar-refractivity contribution in [2.24, 2.45) is 0 Å². The molecule has 0 aliphatic carbocycles. The highest BCUT2D eigenvalue weighted by atomic mass is 15.2. The number of hydrogen-bond donors (Lipinski definition) is 2. The lowest BCUT2D eigenvalue weighted by Crippen LogP contribution is -2.11. The predicted octanol–water partition coefficient (Wildman–Crippen LogP) is 3.49. The first-order valence-corrected chi connectivity index (χ1v) is 8.22. The lowest BCUT2D eigenvalue weighted by Gasteiger charge is -2.12. The van der Waals surface area contributed by atoms with Crippen molar-refractivity contribution in [3.8, 4) is 0 Å². The van der Waals surface area contributed by atoms with E-state index in [2.05, 4.69) is 50.4 Å². The number of aromatic amines is 1. The minimum atomic E-state index is 0.646. The molecule has 126 valence electrons. The Morgan fingerprint density at radius 1 is 1.12 bits per heavy atom. The molecule has 0 atom stereocenters. The van der Waals surface area contributed by atoms with Gasteiger partial charge in [0.1, 0.15) is 17.2 Å². The lowest BCUT2D eigenvalue weighted by atomic mass is 10.1. The molecule has 4 rings (SSSR count). The van der Waals surface area contributed by atoms with Gasteiger partial charge in [0.15, 0.2) is 5.65 Å². The Bertz CT molecular complexity index is 1050. The van der Waals surface area contributed by atoms with Gasteiger partial charge in [0.25, 0.3) is 0 Å². The van der Waals surface area contributed by atoms with Gasteiger partial charge in [0, 0.05) is 37.7 Å². The maximum atomic E-state index is 4.60. The first-order valence-electron chi connectivity index (χ1n) is 8.22. The van der Waals surface area contributed by atoms with Crippen LogP contribution >= 0.6 is 0 Å². The third-order valence-corrected chi connectivity index (χ3v) is 4.30. The first kappa shape index (κ1) is 15.4. The van der Waals surface area contributed by atoms with E-state index in [-0.39, 0.29) is 0 Å². The summed E-state index contributed by atoms with van der Waals surface area (Å²) in [7, 11) is 3.92. The summed E-state index contributed by atoms with van der Waals surface area (Å²) in [6.07, 6.45) is 3.79. The molecule has 25 heavy (non-hydrogen) atoms. The summed E-state index contributed by atoms with van der Waals surface area (Å²) in [4.78, 5) is 18.9. The molecule has 0 aliphatic heterocycles. The van der Waals surface area contributed by atoms with Crippen LogP contribution in [0.25, 0.3) is 22.1 Å². The predicted molar refractivity (Wildman–Crippen MR) is 102 cm³/mol. The molecule has 0 spiro atoms. The number of hydrogen-bond acceptors (Lipinski definition) is 5. The van der Waals surface area contributed by atoms with Crippen molar-refractivity contribution in [3.63, 3.8) is 0 Å². The molecule has 0 saturated heterocycles. The lowest BCUT2D eigenvalue weighted by molar-refractivity contribution is 1.06. The zero-order chi connectivity index (χ0) is 17.4. The van der Waals surface area contributed by atoms with Gasteiger partial charge in [0.05, 0.1) is 6.20 Å². The molecule has 0 saturated carbocycles. The van der Waals surface area contributed by atoms with E-state index in [1.165, 1.54) is 16.5 Å². The first-order chi connectivity index (χ1) is 12.1. The van der Waals surface area contributed by atoms with Crippen molar-refractivity contribution in [2.75, 3.05) is 24.3 Å². The zero-order valence-electron chi connectivity index (χ0n) is 14.5. The maximum Gasteiger partial charge on any atom is 0.182 e. The number of fused-ring (bicyclic) bond motifs is 2. The van der Waals surface area contributed by atoms with Crippen LogP contribution in [0.3, 0.4) is 0 Å². The van der Waals surface area contributed by atoms with Gasteiger partial charge in [-0.15, -0.1) is 0 Å². The third kappa shape index (κ3) is 2.87. The van der Waals surface area contributed by atoms with Crippen molar-refractivity contribution >= 4 is 33.7 Å². The summed E-state index contributed by atoms with van der Waals surface area (Å²) >= 11 is 0. The quantitative estimate of drug-likeness (QED) is 0.599. The van der Waals surface area contributed by atoms with Crippen LogP contribution in [0.5, 0.6) is 0 Å². The average Bonchev–Trinajstić information content (AvgIpc) is 3.01. The van der Waals surface area contributed by atoms with Gasteiger partial charge >= 0.3 is 0 Å². The molecule has 0 bridgehead atoms. The minimum absolute atomic E-state index is 0.646. The molecule has 2 N–H and O–H groups in total. The zero-order valence-corrected chi connectivity index (χ0v) is 14.5. The SMILES string of the molecule is Cc1c[nH]c2cccc(CNc3cnc4ccc(N(C)C)nc4n3)c12. The average molecular weight is 332 g/mol. The van der Waals surface area contributed by atoms with Crippen molar-refractivity contribution in [2.45, 2.75) is 13.5 Å². The molecule has 6 nitrogen and oxygen atoms in total. The van der Waals surface area contributed by atoms with Crippen LogP contribution in [0.4, 0.5) is 11.6 Å². The summed E-state index contributed by atoms with van der Waals surface area (Å²) < 4.78 is 0. The Labute approximate surface area is 145 Å². The van der Waals surface area contributed by atoms with Crippen LogP contribution in [0.15, 0.2) is 42.7 Å². The molecule has 3 aromatic heterocycles. The van der Waals surface area contributed by atoms with Gasteiger partial charge < -0.3 is 15.2 Å². The van der Waals surface area contributed by atoms with Crippen LogP contribution in [-0.4, -0.2) is 34.0 Å². The van der Waals surface area contributed by atoms with Crippen molar-refractivity contribution in [1.29, 1.82) is 0 Å². The topological polar surface area (TPSA) is 69.7 Å². The molecule has 6 heteroatoms. The number of H-pyrrole nitrogens is 1. The number of nitrogens with zero attached hydrogens (tertiary/aromatic N) is 4. The monoisotopic (exact) mass is 332 g/mol. The second-order valence-corrected chi connectivity index (χ2v) is 6.33. The number of rotatable bonds is 4. The van der Waals surface area contributed by atoms with E-state index in [4.69, 9.17) is 0 Å². The normalized spacial score (nSPS) is 11.2. The van der Waals surface area contributed by atoms with Crippen molar-refractivity contribution < 1.29 is 0 Å². The standard InChI is InChI=1S/C19H20N6/c1-12-9-20-14-6-4-5-13(18(12)14)10-22-16-11-21-15-7-8-17(25(2)3)24-19(15)23-16/h4-9,11,20H,10H2,1-3H3,(H,22,23,24). The molecule has 0 aliphatic rings. The van der Waals surface area contributed by atoms with Crippen LogP contribution in [0.1, 0.15) is 11.1 Å². The number of aromatic nitrogens is 4. The highest BCUT2D eigenvalue weighted by molar-refractivity contribution is 5.86. The van der Waals surface area contributed by atoms with Gasteiger partial charge in [-0.25, -0.2) is 15.0 Å². The summed E-state index contributed by atoms with van der Waals surface area (Å²) in [6.45, 7) is 2.80. The highest BCUT2D eigenvalue weighted by Gasteiger charge is 2.07. The molecule has 0 unspecified atom stereocenters. The molecular formula is C19H20N6. The van der Waals surface area contributed by atoms with E-state index in [0.717, 1.165) is 22.7 Å². The fourth-order valence-electron chi connectivity index (χ4n) is 3.00. The summed E-state index contributed by atoms with van der Waals surface area (Å²) in [5, 5.41) is 4.63. The number of anilines is 2. The van der Waals surface area contributed by atoms with Crippen molar-refractivity contribution in [1.82, 2.24) is 19.9 Å². The van der Waals surface area contributed by atoms with Gasteiger partial charge in [-0.1, -0.05) is 12.1 Å². The van der Waals surface area contributed by atoms with Crippen LogP contribution in [-0.2, 0) is 6.54 Å². The van der Waals surface area contributed by atoms with Crippen LogP contribution < -0.4 is 10.2 Å². The molecule has 1 aromatic carbocycles. The fraction of sp³-hybridized carbons (Fsp3) is 0.211. The Balaban J connectivity index is 1.63. The largest absolute Gasteiger partial charge is 0.365 e. The van der Waals surface area contributed by atoms with Gasteiger partial charge in [-0.2, -0.15) is 0 Å².